The molecular weight excluding hydrogens is 242 g/mol. The van der Waals surface area contributed by atoms with Crippen LogP contribution in [0.1, 0.15) is 26.3 Å². The lowest BCUT2D eigenvalue weighted by molar-refractivity contribution is 0.156. The Bertz CT molecular complexity index is 438. The summed E-state index contributed by atoms with van der Waals surface area (Å²) in [5, 5.41) is 11.1. The zero-order valence-corrected chi connectivity index (χ0v) is 10.4. The number of hydrogen-bond acceptors (Lipinski definition) is 3. The summed E-state index contributed by atoms with van der Waals surface area (Å²) in [7, 11) is 0. The summed E-state index contributed by atoms with van der Waals surface area (Å²) in [6.07, 6.45) is -0.330. The topological polar surface area (TPSA) is 67.8 Å². The quantitative estimate of drug-likeness (QED) is 0.377. The van der Waals surface area contributed by atoms with E-state index in [4.69, 9.17) is 15.7 Å². The minimum absolute atomic E-state index is 0.0444. The van der Waals surface area contributed by atoms with Crippen LogP contribution in [0.25, 0.3) is 0 Å². The van der Waals surface area contributed by atoms with Crippen molar-refractivity contribution < 1.29 is 18.7 Å². The van der Waals surface area contributed by atoms with Gasteiger partial charge in [-0.05, 0) is 25.0 Å². The zero-order chi connectivity index (χ0) is 13.9. The Morgan fingerprint density at radius 3 is 2.17 bits per heavy atom. The van der Waals surface area contributed by atoms with E-state index in [1.54, 1.807) is 6.92 Å². The van der Waals surface area contributed by atoms with Gasteiger partial charge in [0.05, 0.1) is 6.10 Å². The molecule has 0 fully saturated rings. The maximum atomic E-state index is 13.7. The molecule has 0 aliphatic carbocycles. The Balaban J connectivity index is 3.09. The van der Waals surface area contributed by atoms with Gasteiger partial charge in [-0.1, -0.05) is 19.0 Å². The van der Waals surface area contributed by atoms with E-state index in [1.165, 1.54) is 0 Å². The van der Waals surface area contributed by atoms with Crippen molar-refractivity contribution in [1.82, 2.24) is 0 Å². The van der Waals surface area contributed by atoms with Gasteiger partial charge < -0.3 is 15.7 Å². The van der Waals surface area contributed by atoms with E-state index >= 15 is 0 Å². The Labute approximate surface area is 104 Å². The first-order valence-corrected chi connectivity index (χ1v) is 5.50. The number of halogens is 2. The normalized spacial score (nSPS) is 13.8. The van der Waals surface area contributed by atoms with Crippen LogP contribution in [0, 0.1) is 17.6 Å². The fourth-order valence-electron chi connectivity index (χ4n) is 1.20. The van der Waals surface area contributed by atoms with Crippen LogP contribution in [0.4, 0.5) is 8.78 Å². The number of hydrogen-bond donors (Lipinski definition) is 2. The molecule has 0 bridgehead atoms. The molecule has 0 aliphatic rings. The van der Waals surface area contributed by atoms with Gasteiger partial charge in [0, 0.05) is 5.56 Å². The van der Waals surface area contributed by atoms with E-state index < -0.39 is 17.4 Å². The molecule has 0 heterocycles. The molecule has 0 spiro atoms. The van der Waals surface area contributed by atoms with Gasteiger partial charge in [-0.3, -0.25) is 0 Å². The van der Waals surface area contributed by atoms with E-state index in [0.717, 1.165) is 12.1 Å². The van der Waals surface area contributed by atoms with Crippen LogP contribution in [0.15, 0.2) is 17.3 Å². The van der Waals surface area contributed by atoms with E-state index in [-0.39, 0.29) is 23.4 Å². The predicted octanol–water partition coefficient (Wildman–Crippen LogP) is 2.48. The van der Waals surface area contributed by atoms with Crippen molar-refractivity contribution in [1.29, 1.82) is 0 Å². The third kappa shape index (κ3) is 3.09. The van der Waals surface area contributed by atoms with Gasteiger partial charge in [0.2, 0.25) is 0 Å². The Morgan fingerprint density at radius 2 is 1.78 bits per heavy atom. The molecule has 0 radical (unpaired) electrons. The van der Waals surface area contributed by atoms with Crippen LogP contribution in [-0.2, 0) is 0 Å². The molecular formula is C12H16F2N2O2. The van der Waals surface area contributed by atoms with Crippen LogP contribution in [0.2, 0.25) is 0 Å². The van der Waals surface area contributed by atoms with Gasteiger partial charge in [-0.15, -0.1) is 0 Å². The molecule has 100 valence electrons. The molecule has 0 aromatic heterocycles. The van der Waals surface area contributed by atoms with Gasteiger partial charge in [0.1, 0.15) is 0 Å². The Morgan fingerprint density at radius 1 is 1.28 bits per heavy atom. The summed E-state index contributed by atoms with van der Waals surface area (Å²) >= 11 is 0. The van der Waals surface area contributed by atoms with Crippen LogP contribution < -0.4 is 10.5 Å². The summed E-state index contributed by atoms with van der Waals surface area (Å²) in [6, 6.07) is 1.92. The molecule has 18 heavy (non-hydrogen) atoms. The highest BCUT2D eigenvalue weighted by molar-refractivity contribution is 5.97. The summed E-state index contributed by atoms with van der Waals surface area (Å²) in [5.74, 6) is -2.47. The predicted molar refractivity (Wildman–Crippen MR) is 63.8 cm³/mol. The van der Waals surface area contributed by atoms with E-state index in [1.807, 2.05) is 13.8 Å². The van der Waals surface area contributed by atoms with Crippen molar-refractivity contribution in [2.24, 2.45) is 16.8 Å². The minimum Gasteiger partial charge on any atom is -0.484 e. The van der Waals surface area contributed by atoms with Crippen LogP contribution in [-0.4, -0.2) is 17.1 Å². The van der Waals surface area contributed by atoms with Gasteiger partial charge >= 0.3 is 0 Å². The molecule has 1 aromatic carbocycles. The average Bonchev–Trinajstić information content (AvgIpc) is 2.31. The Kier molecular flexibility index (Phi) is 4.47. The third-order valence-electron chi connectivity index (χ3n) is 2.64. The highest BCUT2D eigenvalue weighted by Crippen LogP contribution is 2.25. The van der Waals surface area contributed by atoms with Crippen LogP contribution in [0.3, 0.4) is 0 Å². The lowest BCUT2D eigenvalue weighted by atomic mass is 10.1. The second-order valence-corrected chi connectivity index (χ2v) is 4.32. The highest BCUT2D eigenvalue weighted by atomic mass is 19.1. The molecule has 1 unspecified atom stereocenters. The number of nitrogens with zero attached hydrogens (tertiary/aromatic N) is 1. The molecule has 1 rings (SSSR count). The molecule has 1 aromatic rings. The zero-order valence-electron chi connectivity index (χ0n) is 10.4. The average molecular weight is 258 g/mol. The molecule has 3 N–H and O–H groups in total. The maximum Gasteiger partial charge on any atom is 0.191 e. The highest BCUT2D eigenvalue weighted by Gasteiger charge is 2.18. The molecule has 1 atom stereocenters. The number of oxime groups is 1. The molecule has 4 nitrogen and oxygen atoms in total. The standard InChI is InChI=1S/C12H16F2N2O2/c1-6(2)7(3)18-11-9(13)4-8(5-10(11)14)12(15)16-17/h4-7,17H,1-3H3,(H2,15,16). The van der Waals surface area contributed by atoms with Crippen molar-refractivity contribution >= 4 is 5.84 Å². The van der Waals surface area contributed by atoms with Crippen molar-refractivity contribution in [2.75, 3.05) is 0 Å². The lowest BCUT2D eigenvalue weighted by Gasteiger charge is -2.19. The molecule has 6 heteroatoms. The second kappa shape index (κ2) is 5.66. The fourth-order valence-corrected chi connectivity index (χ4v) is 1.20. The SMILES string of the molecule is CC(C)C(C)Oc1c(F)cc(C(N)=NO)cc1F. The number of amidine groups is 1. The number of rotatable bonds is 4. The second-order valence-electron chi connectivity index (χ2n) is 4.32. The lowest BCUT2D eigenvalue weighted by Crippen LogP contribution is -2.20. The van der Waals surface area contributed by atoms with Gasteiger partial charge in [0.15, 0.2) is 23.2 Å². The van der Waals surface area contributed by atoms with Crippen LogP contribution >= 0.6 is 0 Å². The van der Waals surface area contributed by atoms with Crippen LogP contribution in [0.5, 0.6) is 5.75 Å². The van der Waals surface area contributed by atoms with Crippen molar-refractivity contribution in [3.63, 3.8) is 0 Å². The third-order valence-corrected chi connectivity index (χ3v) is 2.64. The molecule has 0 amide bonds. The molecule has 0 saturated heterocycles. The first-order chi connectivity index (χ1) is 8.36. The first kappa shape index (κ1) is 14.2. The van der Waals surface area contributed by atoms with Crippen molar-refractivity contribution in [3.05, 3.63) is 29.3 Å². The van der Waals surface area contributed by atoms with Gasteiger partial charge in [-0.25, -0.2) is 8.78 Å². The first-order valence-electron chi connectivity index (χ1n) is 5.50. The number of nitrogens with two attached hydrogens (primary N) is 1. The van der Waals surface area contributed by atoms with E-state index in [2.05, 4.69) is 5.16 Å². The maximum absolute atomic E-state index is 13.7. The molecule has 0 saturated carbocycles. The van der Waals surface area contributed by atoms with Gasteiger partial charge in [0.25, 0.3) is 0 Å². The van der Waals surface area contributed by atoms with Gasteiger partial charge in [-0.2, -0.15) is 0 Å². The smallest absolute Gasteiger partial charge is 0.191 e. The summed E-state index contributed by atoms with van der Waals surface area (Å²) in [5.41, 5.74) is 5.21. The summed E-state index contributed by atoms with van der Waals surface area (Å²) < 4.78 is 32.6. The molecule has 0 aliphatic heterocycles. The van der Waals surface area contributed by atoms with Crippen molar-refractivity contribution in [2.45, 2.75) is 26.9 Å². The number of ether oxygens (including phenoxy) is 1. The summed E-state index contributed by atoms with van der Waals surface area (Å²) in [4.78, 5) is 0. The monoisotopic (exact) mass is 258 g/mol. The minimum atomic E-state index is -0.885. The number of benzene rings is 1. The van der Waals surface area contributed by atoms with E-state index in [0.29, 0.717) is 0 Å². The summed E-state index contributed by atoms with van der Waals surface area (Å²) in [6.45, 7) is 5.48. The van der Waals surface area contributed by atoms with E-state index in [9.17, 15) is 8.78 Å². The largest absolute Gasteiger partial charge is 0.484 e. The fraction of sp³-hybridized carbons (Fsp3) is 0.417. The van der Waals surface area contributed by atoms with Crippen molar-refractivity contribution in [3.8, 4) is 5.75 Å². The Hall–Kier alpha value is -1.85.